The number of rotatable bonds is 8. The van der Waals surface area contributed by atoms with Crippen LogP contribution in [0.1, 0.15) is 20.8 Å². The summed E-state index contributed by atoms with van der Waals surface area (Å²) >= 11 is 0. The van der Waals surface area contributed by atoms with Gasteiger partial charge in [-0.15, -0.1) is 0 Å². The van der Waals surface area contributed by atoms with Gasteiger partial charge in [0.15, 0.2) is 5.65 Å². The van der Waals surface area contributed by atoms with Gasteiger partial charge < -0.3 is 19.9 Å². The predicted molar refractivity (Wildman–Crippen MR) is 170 cm³/mol. The number of carbonyl (C=O) groups excluding carboxylic acids is 1. The number of hydrogen-bond acceptors (Lipinski definition) is 7. The lowest BCUT2D eigenvalue weighted by Crippen LogP contribution is -2.27. The fourth-order valence-corrected chi connectivity index (χ4v) is 4.79. The second kappa shape index (κ2) is 11.5. The second-order valence-electron chi connectivity index (χ2n) is 12.0. The zero-order valence-electron chi connectivity index (χ0n) is 25.2. The first-order valence-electron chi connectivity index (χ1n) is 14.2. The minimum Gasteiger partial charge on any atom is -0.492 e. The summed E-state index contributed by atoms with van der Waals surface area (Å²) in [6, 6.07) is 12.3. The number of hydrogen-bond donors (Lipinski definition) is 3. The molecule has 6 aromatic rings. The van der Waals surface area contributed by atoms with Gasteiger partial charge in [-0.3, -0.25) is 19.9 Å². The van der Waals surface area contributed by atoms with Crippen LogP contribution in [0.3, 0.4) is 0 Å². The normalized spacial score (nSPS) is 11.9. The molecule has 0 saturated heterocycles. The number of H-pyrrole nitrogens is 2. The van der Waals surface area contributed by atoms with Crippen LogP contribution >= 0.6 is 0 Å². The van der Waals surface area contributed by atoms with E-state index in [1.165, 1.54) is 12.1 Å². The Balaban J connectivity index is 1.35. The lowest BCUT2D eigenvalue weighted by Gasteiger charge is -2.17. The van der Waals surface area contributed by atoms with E-state index < -0.39 is 11.2 Å². The molecule has 0 aliphatic carbocycles. The summed E-state index contributed by atoms with van der Waals surface area (Å²) in [7, 11) is 3.91. The molecule has 1 amide bonds. The monoisotopic (exact) mass is 592 g/mol. The second-order valence-corrected chi connectivity index (χ2v) is 12.0. The van der Waals surface area contributed by atoms with Crippen LogP contribution in [-0.2, 0) is 4.79 Å². The summed E-state index contributed by atoms with van der Waals surface area (Å²) in [5.74, 6) is -0.0451. The maximum atomic E-state index is 14.6. The summed E-state index contributed by atoms with van der Waals surface area (Å²) in [6.45, 7) is 6.73. The van der Waals surface area contributed by atoms with Crippen LogP contribution < -0.4 is 10.1 Å². The Hall–Kier alpha value is -5.16. The molecular formula is C33H33FN8O2. The van der Waals surface area contributed by atoms with Crippen LogP contribution in [0.5, 0.6) is 5.75 Å². The number of anilines is 1. The van der Waals surface area contributed by atoms with Crippen molar-refractivity contribution in [2.75, 3.05) is 32.6 Å². The predicted octanol–water partition coefficient (Wildman–Crippen LogP) is 6.29. The van der Waals surface area contributed by atoms with E-state index in [9.17, 15) is 9.18 Å². The average Bonchev–Trinajstić information content (AvgIpc) is 3.60. The van der Waals surface area contributed by atoms with E-state index in [-0.39, 0.29) is 5.91 Å². The number of ether oxygens (including phenoxy) is 1. The number of pyridine rings is 3. The Morgan fingerprint density at radius 3 is 2.57 bits per heavy atom. The van der Waals surface area contributed by atoms with Gasteiger partial charge in [0.25, 0.3) is 0 Å². The maximum absolute atomic E-state index is 14.6. The van der Waals surface area contributed by atoms with E-state index in [1.54, 1.807) is 30.9 Å². The number of halogens is 1. The van der Waals surface area contributed by atoms with Crippen LogP contribution in [0.2, 0.25) is 0 Å². The van der Waals surface area contributed by atoms with Crippen molar-refractivity contribution in [3.8, 4) is 39.5 Å². The molecule has 5 aromatic heterocycles. The van der Waals surface area contributed by atoms with E-state index in [2.05, 4.69) is 35.5 Å². The molecule has 0 spiro atoms. The average molecular weight is 593 g/mol. The minimum atomic E-state index is -0.534. The van der Waals surface area contributed by atoms with Crippen molar-refractivity contribution >= 4 is 33.5 Å². The van der Waals surface area contributed by atoms with Crippen molar-refractivity contribution in [1.29, 1.82) is 0 Å². The first kappa shape index (κ1) is 28.9. The standard InChI is InChI=1S/C33H33FN8O2/c1-33(2,3)32(43)38-23-11-20(16-35-18-23)21-13-26-30(40-41-31(26)37-17-21)28-15-25-27(39-28)6-7-36-29(25)19-10-22(34)14-24(12-19)44-9-8-42(4)5/h6-7,10-18,39H,8-9H2,1-5H3,(H,38,43)(H,37,40,41). The molecule has 0 fully saturated rings. The maximum Gasteiger partial charge on any atom is 0.229 e. The van der Waals surface area contributed by atoms with Gasteiger partial charge in [0.05, 0.1) is 23.3 Å². The van der Waals surface area contributed by atoms with Crippen molar-refractivity contribution in [3.05, 3.63) is 73.1 Å². The first-order valence-corrected chi connectivity index (χ1v) is 14.2. The van der Waals surface area contributed by atoms with Gasteiger partial charge in [-0.25, -0.2) is 9.37 Å². The number of benzene rings is 1. The van der Waals surface area contributed by atoms with Gasteiger partial charge in [0, 0.05) is 69.6 Å². The van der Waals surface area contributed by atoms with Crippen LogP contribution in [0.4, 0.5) is 10.1 Å². The Kier molecular flexibility index (Phi) is 7.56. The molecule has 0 radical (unpaired) electrons. The van der Waals surface area contributed by atoms with Crippen molar-refractivity contribution in [1.82, 2.24) is 35.0 Å². The molecular weight excluding hydrogens is 559 g/mol. The van der Waals surface area contributed by atoms with Crippen LogP contribution in [0.15, 0.2) is 67.3 Å². The highest BCUT2D eigenvalue weighted by atomic mass is 19.1. The van der Waals surface area contributed by atoms with E-state index in [0.29, 0.717) is 47.2 Å². The Morgan fingerprint density at radius 1 is 0.955 bits per heavy atom. The van der Waals surface area contributed by atoms with Crippen molar-refractivity contribution in [3.63, 3.8) is 0 Å². The number of nitrogens with one attached hydrogen (secondary N) is 3. The number of aromatic amines is 2. The summed E-state index contributed by atoms with van der Waals surface area (Å²) in [5, 5.41) is 12.1. The van der Waals surface area contributed by atoms with Crippen LogP contribution in [-0.4, -0.2) is 68.2 Å². The molecule has 11 heteroatoms. The molecule has 0 atom stereocenters. The van der Waals surface area contributed by atoms with Gasteiger partial charge in [-0.1, -0.05) is 20.8 Å². The smallest absolute Gasteiger partial charge is 0.229 e. The summed E-state index contributed by atoms with van der Waals surface area (Å²) < 4.78 is 20.5. The number of aromatic nitrogens is 6. The Morgan fingerprint density at radius 2 is 1.77 bits per heavy atom. The van der Waals surface area contributed by atoms with Crippen molar-refractivity contribution in [2.24, 2.45) is 5.41 Å². The molecule has 0 unspecified atom stereocenters. The fraction of sp³-hybridized carbons (Fsp3) is 0.242. The molecule has 0 aliphatic rings. The quantitative estimate of drug-likeness (QED) is 0.190. The number of nitrogens with zero attached hydrogens (tertiary/aromatic N) is 5. The molecule has 5 heterocycles. The molecule has 0 aliphatic heterocycles. The fourth-order valence-electron chi connectivity index (χ4n) is 4.79. The molecule has 224 valence electrons. The summed E-state index contributed by atoms with van der Waals surface area (Å²) in [5.41, 5.74) is 5.81. The van der Waals surface area contributed by atoms with Crippen LogP contribution in [0, 0.1) is 11.2 Å². The highest BCUT2D eigenvalue weighted by molar-refractivity contribution is 6.00. The third-order valence-electron chi connectivity index (χ3n) is 7.18. The molecule has 10 nitrogen and oxygen atoms in total. The molecule has 0 saturated carbocycles. The minimum absolute atomic E-state index is 0.0962. The summed E-state index contributed by atoms with van der Waals surface area (Å²) in [6.07, 6.45) is 6.78. The molecule has 3 N–H and O–H groups in total. The molecule has 1 aromatic carbocycles. The molecule has 44 heavy (non-hydrogen) atoms. The van der Waals surface area contributed by atoms with E-state index in [0.717, 1.165) is 33.1 Å². The number of likely N-dealkylation sites (N-methyl/N-ethyl adjacent to an activating group) is 1. The van der Waals surface area contributed by atoms with Crippen LogP contribution in [0.25, 0.3) is 55.7 Å². The van der Waals surface area contributed by atoms with Gasteiger partial charge in [0.1, 0.15) is 23.9 Å². The SMILES string of the molecule is CN(C)CCOc1cc(F)cc(-c2nccc3[nH]c(-c4n[nH]c5ncc(-c6cncc(NC(=O)C(C)(C)C)c6)cc45)cc23)c1. The van der Waals surface area contributed by atoms with Gasteiger partial charge in [0.2, 0.25) is 5.91 Å². The zero-order valence-corrected chi connectivity index (χ0v) is 25.2. The first-order chi connectivity index (χ1) is 21.0. The van der Waals surface area contributed by atoms with E-state index >= 15 is 0 Å². The lowest BCUT2D eigenvalue weighted by atomic mass is 9.95. The van der Waals surface area contributed by atoms with Gasteiger partial charge in [-0.2, -0.15) is 5.10 Å². The van der Waals surface area contributed by atoms with Crippen molar-refractivity contribution in [2.45, 2.75) is 20.8 Å². The van der Waals surface area contributed by atoms with E-state index in [4.69, 9.17) is 4.74 Å². The number of carbonyl (C=O) groups is 1. The Bertz CT molecular complexity index is 1990. The largest absolute Gasteiger partial charge is 0.492 e. The molecule has 6 rings (SSSR count). The topological polar surface area (TPSA) is 125 Å². The molecule has 0 bridgehead atoms. The number of amides is 1. The van der Waals surface area contributed by atoms with E-state index in [1.807, 2.05) is 64.0 Å². The third kappa shape index (κ3) is 6.00. The summed E-state index contributed by atoms with van der Waals surface area (Å²) in [4.78, 5) is 31.5. The van der Waals surface area contributed by atoms with Crippen molar-refractivity contribution < 1.29 is 13.9 Å². The highest BCUT2D eigenvalue weighted by Crippen LogP contribution is 2.35. The highest BCUT2D eigenvalue weighted by Gasteiger charge is 2.22. The Labute approximate surface area is 253 Å². The number of fused-ring (bicyclic) bond motifs is 2. The van der Waals surface area contributed by atoms with Gasteiger partial charge >= 0.3 is 0 Å². The van der Waals surface area contributed by atoms with Gasteiger partial charge in [-0.05, 0) is 50.5 Å². The zero-order chi connectivity index (χ0) is 31.0. The third-order valence-corrected chi connectivity index (χ3v) is 7.18. The lowest BCUT2D eigenvalue weighted by molar-refractivity contribution is -0.123.